The van der Waals surface area contributed by atoms with Crippen LogP contribution >= 0.6 is 11.6 Å². The van der Waals surface area contributed by atoms with E-state index >= 15 is 0 Å². The smallest absolute Gasteiger partial charge is 0.564 e. The molecule has 2 heterocycles. The van der Waals surface area contributed by atoms with Crippen molar-refractivity contribution in [2.75, 3.05) is 18.0 Å². The molecule has 1 saturated heterocycles. The molecule has 1 aromatic carbocycles. The molecule has 0 saturated carbocycles. The number of aliphatic imine (C=N–C) groups is 1. The second kappa shape index (κ2) is 10.6. The summed E-state index contributed by atoms with van der Waals surface area (Å²) in [7, 11) is 0. The number of anilines is 1. The molecule has 1 aliphatic heterocycles. The number of halogens is 3. The van der Waals surface area contributed by atoms with Crippen molar-refractivity contribution >= 4 is 29.0 Å². The van der Waals surface area contributed by atoms with Gasteiger partial charge in [0, 0.05) is 42.6 Å². The van der Waals surface area contributed by atoms with E-state index in [1.807, 2.05) is 0 Å². The number of hydrogen-bond acceptors (Lipinski definition) is 5. The van der Waals surface area contributed by atoms with Crippen LogP contribution in [0.2, 0.25) is 5.15 Å². The van der Waals surface area contributed by atoms with Crippen molar-refractivity contribution in [3.05, 3.63) is 58.0 Å². The first kappa shape index (κ1) is 24.0. The van der Waals surface area contributed by atoms with Crippen LogP contribution in [0.3, 0.4) is 0 Å². The molecular weight excluding hydrogens is 431 g/mol. The van der Waals surface area contributed by atoms with E-state index in [4.69, 9.17) is 17.3 Å². The predicted molar refractivity (Wildman–Crippen MR) is 101 cm³/mol. The number of aromatic nitrogens is 2. The first-order chi connectivity index (χ1) is 13.4. The normalized spacial score (nSPS) is 17.4. The fourth-order valence-corrected chi connectivity index (χ4v) is 3.24. The van der Waals surface area contributed by atoms with Crippen molar-refractivity contribution < 1.29 is 70.1 Å². The van der Waals surface area contributed by atoms with Crippen LogP contribution in [0.25, 0.3) is 0 Å². The molecule has 11 heteroatoms. The summed E-state index contributed by atoms with van der Waals surface area (Å²) in [4.78, 5) is 17.6. The summed E-state index contributed by atoms with van der Waals surface area (Å²) < 4.78 is 26.3. The number of rotatable bonds is 5. The molecule has 148 valence electrons. The number of benzene rings is 1. The average molecular weight is 448 g/mol. The summed E-state index contributed by atoms with van der Waals surface area (Å²) in [6.07, 6.45) is -0.753. The molecule has 2 aromatic rings. The summed E-state index contributed by atoms with van der Waals surface area (Å²) in [5, 5.41) is 17.0. The van der Waals surface area contributed by atoms with Crippen molar-refractivity contribution in [2.45, 2.75) is 19.4 Å². The van der Waals surface area contributed by atoms with Gasteiger partial charge in [-0.3, -0.25) is 4.99 Å². The Morgan fingerprint density at radius 1 is 1.41 bits per heavy atom. The van der Waals surface area contributed by atoms with Gasteiger partial charge in [-0.25, -0.2) is 13.6 Å². The van der Waals surface area contributed by atoms with Gasteiger partial charge in [0.25, 0.3) is 6.43 Å². The number of aliphatic carboxylic acids is 1. The molecule has 0 bridgehead atoms. The summed E-state index contributed by atoms with van der Waals surface area (Å²) in [5.74, 6) is -1.28. The molecule has 0 amide bonds. The van der Waals surface area contributed by atoms with Gasteiger partial charge in [-0.1, -0.05) is 24.3 Å². The van der Waals surface area contributed by atoms with Crippen LogP contribution in [-0.4, -0.2) is 35.0 Å². The number of alkyl halides is 2. The van der Waals surface area contributed by atoms with Gasteiger partial charge in [0.05, 0.1) is 12.2 Å². The van der Waals surface area contributed by atoms with E-state index in [1.165, 1.54) is 18.3 Å². The van der Waals surface area contributed by atoms with Crippen LogP contribution in [0, 0.1) is 0 Å². The Kier molecular flexibility index (Phi) is 8.80. The second-order valence-electron chi connectivity index (χ2n) is 6.15. The monoisotopic (exact) mass is 447 g/mol. The second-order valence-corrected chi connectivity index (χ2v) is 6.51. The number of carboxylic acids is 1. The van der Waals surface area contributed by atoms with Crippen LogP contribution in [0.4, 0.5) is 14.5 Å². The fourth-order valence-electron chi connectivity index (χ4n) is 3.03. The largest absolute Gasteiger partial charge is 1.00 e. The maximum absolute atomic E-state index is 13.2. The molecule has 7 nitrogen and oxygen atoms in total. The summed E-state index contributed by atoms with van der Waals surface area (Å²) in [6.45, 7) is 0.645. The number of carboxylic acid groups (broad SMARTS) is 1. The minimum absolute atomic E-state index is 0. The minimum Gasteiger partial charge on any atom is -0.564 e. The summed E-state index contributed by atoms with van der Waals surface area (Å²) in [5.41, 5.74) is 7.09. The molecule has 0 radical (unpaired) electrons. The van der Waals surface area contributed by atoms with E-state index in [0.717, 1.165) is 0 Å². The Morgan fingerprint density at radius 3 is 2.76 bits per heavy atom. The quantitative estimate of drug-likeness (QED) is 0.485. The molecule has 0 spiro atoms. The Balaban J connectivity index is 0.00000300. The van der Waals surface area contributed by atoms with E-state index in [2.05, 4.69) is 15.2 Å². The molecule has 0 aliphatic carbocycles. The fraction of sp³-hybridized carbons (Fsp3) is 0.278. The van der Waals surface area contributed by atoms with Crippen LogP contribution in [0.1, 0.15) is 24.0 Å². The third-order valence-electron chi connectivity index (χ3n) is 4.48. The zero-order chi connectivity index (χ0) is 20.3. The zero-order valence-electron chi connectivity index (χ0n) is 15.6. The van der Waals surface area contributed by atoms with E-state index in [0.29, 0.717) is 35.5 Å². The Labute approximate surface area is 213 Å². The molecule has 3 rings (SSSR count). The third kappa shape index (κ3) is 5.65. The summed E-state index contributed by atoms with van der Waals surface area (Å²) >= 11 is 6.01. The van der Waals surface area contributed by atoms with Gasteiger partial charge in [-0.05, 0) is 10.7 Å². The molecule has 0 unspecified atom stereocenters. The average Bonchev–Trinajstić information content (AvgIpc) is 3.11. The van der Waals surface area contributed by atoms with Gasteiger partial charge in [0.15, 0.2) is 0 Å². The van der Waals surface area contributed by atoms with E-state index in [-0.39, 0.29) is 80.9 Å². The van der Waals surface area contributed by atoms with Gasteiger partial charge in [-0.2, -0.15) is 0 Å². The zero-order valence-corrected chi connectivity index (χ0v) is 19.5. The molecule has 1 aliphatic rings. The number of hydrogen-bond donors (Lipinski definition) is 2. The van der Waals surface area contributed by atoms with Crippen molar-refractivity contribution in [1.29, 1.82) is 0 Å². The maximum atomic E-state index is 13.2. The van der Waals surface area contributed by atoms with Gasteiger partial charge in [0.2, 0.25) is 0 Å². The first-order valence-electron chi connectivity index (χ1n) is 8.38. The van der Waals surface area contributed by atoms with Crippen molar-refractivity contribution in [1.82, 2.24) is 10.2 Å². The Bertz CT molecular complexity index is 948. The maximum Gasteiger partial charge on any atom is 1.00 e. The molecule has 29 heavy (non-hydrogen) atoms. The minimum atomic E-state index is -2.61. The molecular formula is C18H17ClF2KN5O2. The number of piperidine rings is 1. The van der Waals surface area contributed by atoms with Gasteiger partial charge in [-0.15, -0.1) is 11.6 Å². The van der Waals surface area contributed by atoms with Crippen LogP contribution in [-0.2, 0) is 11.3 Å². The number of carbonyl (C=O) groups is 1. The van der Waals surface area contributed by atoms with E-state index < -0.39 is 12.4 Å². The van der Waals surface area contributed by atoms with E-state index in [9.17, 15) is 18.7 Å². The van der Waals surface area contributed by atoms with Crippen molar-refractivity contribution in [2.24, 2.45) is 10.7 Å². The first-order valence-corrected chi connectivity index (χ1v) is 8.76. The SMILES string of the molecule is N/C(C(=O)O)=C1/CN(c2cn[n-]c2Cl)CCC1=NCc1ccccc1C(F)F.[K+]. The topological polar surface area (TPSA) is 106 Å². The third-order valence-corrected chi connectivity index (χ3v) is 4.75. The standard InChI is InChI=1S/C18H18ClF2N5O2.K/c19-16-14(8-24-25-16)26-6-5-13(12(9-26)15(22)18(27)28)23-7-10-3-1-2-4-11(10)17(20)21;/h1-4,8,17H,5-7,9H2,(H4,22,23,24,25,27,28);/q;+1/p-1. The van der Waals surface area contributed by atoms with Crippen LogP contribution in [0.5, 0.6) is 0 Å². The van der Waals surface area contributed by atoms with Gasteiger partial charge >= 0.3 is 57.4 Å². The molecule has 1 fully saturated rings. The van der Waals surface area contributed by atoms with Gasteiger partial charge < -0.3 is 25.9 Å². The number of nitrogens with two attached hydrogens (primary N) is 1. The van der Waals surface area contributed by atoms with E-state index in [1.54, 1.807) is 17.0 Å². The van der Waals surface area contributed by atoms with Crippen molar-refractivity contribution in [3.8, 4) is 0 Å². The Hall–Kier alpha value is -1.30. The van der Waals surface area contributed by atoms with Crippen molar-refractivity contribution in [3.63, 3.8) is 0 Å². The van der Waals surface area contributed by atoms with Gasteiger partial charge in [0.1, 0.15) is 5.70 Å². The summed E-state index contributed by atoms with van der Waals surface area (Å²) in [6, 6.07) is 6.12. The Morgan fingerprint density at radius 2 is 2.14 bits per heavy atom. The number of nitrogens with zero attached hydrogens (tertiary/aromatic N) is 4. The predicted octanol–water partition coefficient (Wildman–Crippen LogP) is -0.217. The molecule has 0 atom stereocenters. The van der Waals surface area contributed by atoms with Crippen LogP contribution in [0.15, 0.2) is 46.7 Å². The molecule has 1 aromatic heterocycles. The van der Waals surface area contributed by atoms with Crippen LogP contribution < -0.4 is 67.1 Å². The molecule has 3 N–H and O–H groups in total.